The number of benzene rings is 2. The molecule has 0 saturated heterocycles. The summed E-state index contributed by atoms with van der Waals surface area (Å²) in [5, 5.41) is 10.5. The molecule has 0 aliphatic carbocycles. The summed E-state index contributed by atoms with van der Waals surface area (Å²) in [7, 11) is 1.62. The van der Waals surface area contributed by atoms with E-state index >= 15 is 0 Å². The number of aromatic nitrogens is 2. The third-order valence-corrected chi connectivity index (χ3v) is 5.98. The lowest BCUT2D eigenvalue weighted by Crippen LogP contribution is -2.34. The van der Waals surface area contributed by atoms with Crippen LogP contribution >= 0.6 is 0 Å². The molecule has 1 aliphatic heterocycles. The first-order valence-corrected chi connectivity index (χ1v) is 11.2. The van der Waals surface area contributed by atoms with Crippen molar-refractivity contribution < 1.29 is 13.9 Å². The number of furan rings is 1. The average Bonchev–Trinajstić information content (AvgIpc) is 3.57. The van der Waals surface area contributed by atoms with Gasteiger partial charge in [0.1, 0.15) is 18.0 Å². The fraction of sp³-hybridized carbons (Fsp3) is 0.185. The number of ether oxygens (including phenoxy) is 1. The summed E-state index contributed by atoms with van der Waals surface area (Å²) >= 11 is 0. The van der Waals surface area contributed by atoms with Crippen LogP contribution in [-0.4, -0.2) is 33.5 Å². The number of nitrogens with zero attached hydrogens (tertiary/aromatic N) is 4. The van der Waals surface area contributed by atoms with Gasteiger partial charge in [0, 0.05) is 12.5 Å². The Kier molecular flexibility index (Phi) is 6.01. The maximum absolute atomic E-state index is 13.5. The molecule has 0 N–H and O–H groups in total. The van der Waals surface area contributed by atoms with Crippen LogP contribution in [0.3, 0.4) is 0 Å². The first kappa shape index (κ1) is 22.3. The lowest BCUT2D eigenvalue weighted by Gasteiger charge is -2.22. The molecule has 0 radical (unpaired) electrons. The van der Waals surface area contributed by atoms with Gasteiger partial charge in [0.15, 0.2) is 5.76 Å². The number of amides is 1. The topological polar surface area (TPSA) is 89.9 Å². The molecule has 0 bridgehead atoms. The van der Waals surface area contributed by atoms with Crippen LogP contribution in [0.4, 0.5) is 0 Å². The van der Waals surface area contributed by atoms with E-state index in [9.17, 15) is 9.59 Å². The summed E-state index contributed by atoms with van der Waals surface area (Å²) in [5.41, 5.74) is 3.90. The van der Waals surface area contributed by atoms with E-state index in [4.69, 9.17) is 14.3 Å². The predicted octanol–water partition coefficient (Wildman–Crippen LogP) is 4.20. The molecule has 2 aromatic heterocycles. The molecule has 1 unspecified atom stereocenters. The van der Waals surface area contributed by atoms with Gasteiger partial charge in [-0.15, -0.1) is 0 Å². The Balaban J connectivity index is 1.47. The fourth-order valence-electron chi connectivity index (χ4n) is 4.06. The molecule has 1 atom stereocenters. The Bertz CT molecular complexity index is 1420. The number of rotatable bonds is 6. The van der Waals surface area contributed by atoms with Crippen molar-refractivity contribution in [3.05, 3.63) is 106 Å². The van der Waals surface area contributed by atoms with E-state index in [2.05, 4.69) is 5.10 Å². The van der Waals surface area contributed by atoms with E-state index in [1.165, 1.54) is 17.3 Å². The van der Waals surface area contributed by atoms with Crippen LogP contribution in [0.25, 0.3) is 11.5 Å². The quantitative estimate of drug-likeness (QED) is 0.423. The zero-order valence-electron chi connectivity index (χ0n) is 19.4. The van der Waals surface area contributed by atoms with E-state index < -0.39 is 0 Å². The van der Waals surface area contributed by atoms with Crippen molar-refractivity contribution >= 4 is 11.6 Å². The molecule has 0 fully saturated rings. The Morgan fingerprint density at radius 2 is 1.83 bits per heavy atom. The van der Waals surface area contributed by atoms with Gasteiger partial charge in [0.25, 0.3) is 11.5 Å². The summed E-state index contributed by atoms with van der Waals surface area (Å²) < 4.78 is 11.8. The molecule has 1 amide bonds. The number of hydrogen-bond donors (Lipinski definition) is 0. The first-order valence-electron chi connectivity index (χ1n) is 11.2. The second-order valence-electron chi connectivity index (χ2n) is 8.34. The van der Waals surface area contributed by atoms with E-state index in [0.29, 0.717) is 17.9 Å². The van der Waals surface area contributed by atoms with Gasteiger partial charge in [-0.1, -0.05) is 29.8 Å². The second kappa shape index (κ2) is 9.42. The van der Waals surface area contributed by atoms with Crippen LogP contribution in [0.15, 0.2) is 93.4 Å². The standard InChI is InChI=1S/C27H24N4O4/c1-18-5-7-20(8-6-18)24-16-23(19-9-11-21(34-2)12-10-19)29-31(24)27(33)17-30-26(32)14-13-22(28-30)25-4-3-15-35-25/h3-15,24H,16-17H2,1-2H3. The highest BCUT2D eigenvalue weighted by molar-refractivity contribution is 6.03. The van der Waals surface area contributed by atoms with Gasteiger partial charge in [-0.05, 0) is 60.5 Å². The van der Waals surface area contributed by atoms with E-state index in [0.717, 1.165) is 32.8 Å². The molecule has 0 saturated carbocycles. The van der Waals surface area contributed by atoms with E-state index in [-0.39, 0.29) is 24.1 Å². The van der Waals surface area contributed by atoms with Gasteiger partial charge in [-0.25, -0.2) is 9.69 Å². The fourth-order valence-corrected chi connectivity index (χ4v) is 4.06. The van der Waals surface area contributed by atoms with Crippen molar-refractivity contribution in [2.45, 2.75) is 25.9 Å². The summed E-state index contributed by atoms with van der Waals surface area (Å²) in [5.74, 6) is 0.937. The second-order valence-corrected chi connectivity index (χ2v) is 8.34. The van der Waals surface area contributed by atoms with Gasteiger partial charge < -0.3 is 9.15 Å². The molecule has 1 aliphatic rings. The number of aryl methyl sites for hydroxylation is 1. The number of hydrogen-bond acceptors (Lipinski definition) is 6. The molecule has 5 rings (SSSR count). The smallest absolute Gasteiger partial charge is 0.267 e. The van der Waals surface area contributed by atoms with Crippen LogP contribution in [0, 0.1) is 6.92 Å². The number of hydrazone groups is 1. The van der Waals surface area contributed by atoms with Crippen molar-refractivity contribution in [1.82, 2.24) is 14.8 Å². The first-order chi connectivity index (χ1) is 17.0. The number of carbonyl (C=O) groups is 1. The molecule has 3 heterocycles. The van der Waals surface area contributed by atoms with Crippen molar-refractivity contribution in [3.63, 3.8) is 0 Å². The monoisotopic (exact) mass is 468 g/mol. The minimum atomic E-state index is -0.376. The summed E-state index contributed by atoms with van der Waals surface area (Å²) in [6, 6.07) is 21.8. The Hall–Kier alpha value is -4.46. The molecule has 2 aromatic carbocycles. The Morgan fingerprint density at radius 3 is 2.51 bits per heavy atom. The molecular formula is C27H24N4O4. The largest absolute Gasteiger partial charge is 0.497 e. The maximum atomic E-state index is 13.5. The Morgan fingerprint density at radius 1 is 1.06 bits per heavy atom. The molecule has 35 heavy (non-hydrogen) atoms. The van der Waals surface area contributed by atoms with Crippen molar-refractivity contribution in [3.8, 4) is 17.2 Å². The van der Waals surface area contributed by atoms with E-state index in [1.54, 1.807) is 25.3 Å². The summed E-state index contributed by atoms with van der Waals surface area (Å²) in [4.78, 5) is 25.9. The molecular weight excluding hydrogens is 444 g/mol. The van der Waals surface area contributed by atoms with Gasteiger partial charge >= 0.3 is 0 Å². The van der Waals surface area contributed by atoms with Crippen LogP contribution in [0.5, 0.6) is 5.75 Å². The molecule has 8 heteroatoms. The van der Waals surface area contributed by atoms with Crippen LogP contribution in [0.2, 0.25) is 0 Å². The van der Waals surface area contributed by atoms with Crippen molar-refractivity contribution in [1.29, 1.82) is 0 Å². The van der Waals surface area contributed by atoms with Crippen LogP contribution < -0.4 is 10.3 Å². The van der Waals surface area contributed by atoms with Gasteiger partial charge in [0.05, 0.1) is 25.1 Å². The molecule has 8 nitrogen and oxygen atoms in total. The molecule has 0 spiro atoms. The minimum absolute atomic E-state index is 0.241. The number of methoxy groups -OCH3 is 1. The van der Waals surface area contributed by atoms with Crippen LogP contribution in [-0.2, 0) is 11.3 Å². The number of carbonyl (C=O) groups excluding carboxylic acids is 1. The normalized spacial score (nSPS) is 15.2. The zero-order chi connectivity index (χ0) is 24.4. The van der Waals surface area contributed by atoms with Crippen LogP contribution in [0.1, 0.15) is 29.2 Å². The Labute approximate surface area is 202 Å². The third-order valence-electron chi connectivity index (χ3n) is 5.98. The van der Waals surface area contributed by atoms with Crippen molar-refractivity contribution in [2.75, 3.05) is 7.11 Å². The van der Waals surface area contributed by atoms with E-state index in [1.807, 2.05) is 55.5 Å². The summed E-state index contributed by atoms with van der Waals surface area (Å²) in [6.07, 6.45) is 2.08. The lowest BCUT2D eigenvalue weighted by atomic mass is 9.97. The maximum Gasteiger partial charge on any atom is 0.267 e. The molecule has 4 aromatic rings. The highest BCUT2D eigenvalue weighted by Crippen LogP contribution is 2.33. The lowest BCUT2D eigenvalue weighted by molar-refractivity contribution is -0.133. The van der Waals surface area contributed by atoms with Crippen molar-refractivity contribution in [2.24, 2.45) is 5.10 Å². The predicted molar refractivity (Wildman–Crippen MR) is 131 cm³/mol. The minimum Gasteiger partial charge on any atom is -0.497 e. The van der Waals surface area contributed by atoms with Gasteiger partial charge in [-0.3, -0.25) is 9.59 Å². The van der Waals surface area contributed by atoms with Gasteiger partial charge in [-0.2, -0.15) is 10.2 Å². The SMILES string of the molecule is COc1ccc(C2=NN(C(=O)Cn3nc(-c4ccco4)ccc3=O)C(c3ccc(C)cc3)C2)cc1. The average molecular weight is 469 g/mol. The van der Waals surface area contributed by atoms with Gasteiger partial charge in [0.2, 0.25) is 0 Å². The summed E-state index contributed by atoms with van der Waals surface area (Å²) in [6.45, 7) is 1.78. The third kappa shape index (κ3) is 4.63. The highest BCUT2D eigenvalue weighted by atomic mass is 16.5. The molecule has 176 valence electrons. The highest BCUT2D eigenvalue weighted by Gasteiger charge is 2.33. The zero-order valence-corrected chi connectivity index (χ0v) is 19.4.